The lowest BCUT2D eigenvalue weighted by Gasteiger charge is -2.09. The van der Waals surface area contributed by atoms with Crippen LogP contribution in [0.4, 0.5) is 5.69 Å². The maximum Gasteiger partial charge on any atom is 0.329 e. The maximum atomic E-state index is 12.8. The molecule has 11 nitrogen and oxygen atoms in total. The number of amides is 2. The molecule has 0 unspecified atom stereocenters. The third kappa shape index (κ3) is 4.40. The summed E-state index contributed by atoms with van der Waals surface area (Å²) in [4.78, 5) is 61.5. The number of aromatic nitrogens is 4. The van der Waals surface area contributed by atoms with E-state index in [9.17, 15) is 24.0 Å². The lowest BCUT2D eigenvalue weighted by molar-refractivity contribution is -0.124. The van der Waals surface area contributed by atoms with E-state index >= 15 is 0 Å². The van der Waals surface area contributed by atoms with Gasteiger partial charge < -0.3 is 10.6 Å². The molecule has 2 amide bonds. The predicted molar refractivity (Wildman–Crippen MR) is 128 cm³/mol. The van der Waals surface area contributed by atoms with Gasteiger partial charge in [-0.2, -0.15) is 0 Å². The van der Waals surface area contributed by atoms with Gasteiger partial charge in [0.2, 0.25) is 11.8 Å². The highest BCUT2D eigenvalue weighted by atomic mass is 16.2. The van der Waals surface area contributed by atoms with Gasteiger partial charge in [0.15, 0.2) is 0 Å². The van der Waals surface area contributed by atoms with E-state index in [0.717, 1.165) is 17.5 Å². The molecule has 2 aromatic carbocycles. The van der Waals surface area contributed by atoms with Gasteiger partial charge in [-0.1, -0.05) is 25.1 Å². The molecule has 0 atom stereocenters. The highest BCUT2D eigenvalue weighted by molar-refractivity contribution is 6.02. The standard InChI is InChI=1S/C23H24N6O5/c1-2-11-28-16-8-3-4-9-17(16)29(23(28)34)12-10-18(30)24-13-19(31)25-15-7-5-6-14-20(15)22(33)27-26-21(14)32/h3-9H,2,10-13H2,1H3,(H,24,30)(H,25,31)(H,26,32)(H,27,33). The van der Waals surface area contributed by atoms with E-state index in [0.29, 0.717) is 6.54 Å². The number of para-hydroxylation sites is 2. The monoisotopic (exact) mass is 464 g/mol. The number of carbonyl (C=O) groups is 2. The minimum Gasteiger partial charge on any atom is -0.347 e. The first-order valence-corrected chi connectivity index (χ1v) is 10.9. The normalized spacial score (nSPS) is 11.1. The average Bonchev–Trinajstić information content (AvgIpc) is 3.10. The van der Waals surface area contributed by atoms with Crippen LogP contribution >= 0.6 is 0 Å². The van der Waals surface area contributed by atoms with Gasteiger partial charge in [0.05, 0.1) is 34.0 Å². The first kappa shape index (κ1) is 22.8. The second-order valence-electron chi connectivity index (χ2n) is 7.79. The van der Waals surface area contributed by atoms with Gasteiger partial charge in [-0.25, -0.2) is 4.79 Å². The topological polar surface area (TPSA) is 151 Å². The van der Waals surface area contributed by atoms with Gasteiger partial charge in [-0.15, -0.1) is 0 Å². The highest BCUT2D eigenvalue weighted by Gasteiger charge is 2.15. The van der Waals surface area contributed by atoms with E-state index in [1.54, 1.807) is 9.13 Å². The van der Waals surface area contributed by atoms with Crippen LogP contribution in [0.5, 0.6) is 0 Å². The number of hydrogen-bond donors (Lipinski definition) is 4. The second kappa shape index (κ2) is 9.61. The van der Waals surface area contributed by atoms with Crippen molar-refractivity contribution in [1.29, 1.82) is 0 Å². The summed E-state index contributed by atoms with van der Waals surface area (Å²) in [5.74, 6) is -0.959. The minimum atomic E-state index is -0.558. The zero-order valence-electron chi connectivity index (χ0n) is 18.5. The number of carbonyl (C=O) groups excluding carboxylic acids is 2. The summed E-state index contributed by atoms with van der Waals surface area (Å²) in [5, 5.41) is 9.70. The van der Waals surface area contributed by atoms with Gasteiger partial charge >= 0.3 is 5.69 Å². The van der Waals surface area contributed by atoms with Crippen molar-refractivity contribution in [2.24, 2.45) is 0 Å². The summed E-state index contributed by atoms with van der Waals surface area (Å²) in [6.07, 6.45) is 0.817. The fourth-order valence-electron chi connectivity index (χ4n) is 3.94. The molecule has 0 spiro atoms. The van der Waals surface area contributed by atoms with Crippen LogP contribution in [0, 0.1) is 0 Å². The van der Waals surface area contributed by atoms with Crippen LogP contribution in [0.1, 0.15) is 19.8 Å². The third-order valence-electron chi connectivity index (χ3n) is 5.48. The Morgan fingerprint density at radius 2 is 1.53 bits per heavy atom. The average molecular weight is 464 g/mol. The van der Waals surface area contributed by atoms with Crippen LogP contribution in [-0.4, -0.2) is 37.7 Å². The van der Waals surface area contributed by atoms with Gasteiger partial charge in [0.1, 0.15) is 0 Å². The number of rotatable bonds is 8. The predicted octanol–water partition coefficient (Wildman–Crippen LogP) is 0.888. The van der Waals surface area contributed by atoms with E-state index in [4.69, 9.17) is 0 Å². The summed E-state index contributed by atoms with van der Waals surface area (Å²) in [5.41, 5.74) is 0.515. The molecule has 4 N–H and O–H groups in total. The molecule has 0 radical (unpaired) electrons. The van der Waals surface area contributed by atoms with Gasteiger partial charge in [-0.05, 0) is 30.7 Å². The molecule has 0 fully saturated rings. The summed E-state index contributed by atoms with van der Waals surface area (Å²) in [6.45, 7) is 2.42. The Morgan fingerprint density at radius 3 is 2.24 bits per heavy atom. The number of aromatic amines is 2. The Kier molecular flexibility index (Phi) is 6.44. The molecule has 0 saturated carbocycles. The van der Waals surface area contributed by atoms with Crippen molar-refractivity contribution < 1.29 is 9.59 Å². The Hall–Kier alpha value is -4.41. The van der Waals surface area contributed by atoms with Gasteiger partial charge in [-0.3, -0.25) is 38.5 Å². The molecule has 34 heavy (non-hydrogen) atoms. The Balaban J connectivity index is 1.40. The number of nitrogens with one attached hydrogen (secondary N) is 4. The van der Waals surface area contributed by atoms with Crippen LogP contribution in [0.2, 0.25) is 0 Å². The zero-order chi connectivity index (χ0) is 24.2. The maximum absolute atomic E-state index is 12.8. The molecule has 0 bridgehead atoms. The summed E-state index contributed by atoms with van der Waals surface area (Å²) < 4.78 is 3.25. The molecule has 0 aliphatic heterocycles. The molecule has 0 aliphatic rings. The molecular weight excluding hydrogens is 440 g/mol. The van der Waals surface area contributed by atoms with E-state index in [-0.39, 0.29) is 41.7 Å². The first-order chi connectivity index (χ1) is 16.4. The minimum absolute atomic E-state index is 0.0105. The largest absolute Gasteiger partial charge is 0.347 e. The molecule has 0 aliphatic carbocycles. The lowest BCUT2D eigenvalue weighted by atomic mass is 10.1. The first-order valence-electron chi connectivity index (χ1n) is 10.9. The van der Waals surface area contributed by atoms with Crippen molar-refractivity contribution in [2.75, 3.05) is 11.9 Å². The summed E-state index contributed by atoms with van der Waals surface area (Å²) >= 11 is 0. The van der Waals surface area contributed by atoms with E-state index in [1.165, 1.54) is 18.2 Å². The van der Waals surface area contributed by atoms with Crippen molar-refractivity contribution in [2.45, 2.75) is 32.9 Å². The number of fused-ring (bicyclic) bond motifs is 2. The van der Waals surface area contributed by atoms with E-state index in [1.807, 2.05) is 31.2 Å². The number of hydrogen-bond acceptors (Lipinski definition) is 5. The van der Waals surface area contributed by atoms with Crippen LogP contribution in [-0.2, 0) is 22.7 Å². The molecule has 0 saturated heterocycles. The number of aryl methyl sites for hydroxylation is 2. The number of imidazole rings is 1. The highest BCUT2D eigenvalue weighted by Crippen LogP contribution is 2.16. The lowest BCUT2D eigenvalue weighted by Crippen LogP contribution is -2.34. The fraction of sp³-hybridized carbons (Fsp3) is 0.261. The second-order valence-corrected chi connectivity index (χ2v) is 7.79. The van der Waals surface area contributed by atoms with E-state index in [2.05, 4.69) is 20.8 Å². The van der Waals surface area contributed by atoms with Gasteiger partial charge in [0.25, 0.3) is 11.1 Å². The van der Waals surface area contributed by atoms with Crippen LogP contribution in [0.15, 0.2) is 56.8 Å². The molecule has 2 aromatic heterocycles. The molecule has 4 aromatic rings. The Morgan fingerprint density at radius 1 is 0.853 bits per heavy atom. The number of benzene rings is 2. The van der Waals surface area contributed by atoms with E-state index < -0.39 is 22.9 Å². The molecule has 176 valence electrons. The molecular formula is C23H24N6O5. The number of nitrogens with zero attached hydrogens (tertiary/aromatic N) is 2. The molecule has 2 heterocycles. The third-order valence-corrected chi connectivity index (χ3v) is 5.48. The van der Waals surface area contributed by atoms with Crippen molar-refractivity contribution in [3.05, 3.63) is 73.7 Å². The quantitative estimate of drug-likeness (QED) is 0.305. The molecule has 11 heteroatoms. The van der Waals surface area contributed by atoms with Crippen molar-refractivity contribution in [3.63, 3.8) is 0 Å². The SMILES string of the molecule is CCCn1c(=O)n(CCC(=O)NCC(=O)Nc2cccc3c(=O)[nH][nH]c(=O)c23)c2ccccc21. The molecule has 4 rings (SSSR count). The van der Waals surface area contributed by atoms with Crippen molar-refractivity contribution in [1.82, 2.24) is 24.6 Å². The Labute approximate surface area is 192 Å². The van der Waals surface area contributed by atoms with Gasteiger partial charge in [0, 0.05) is 19.5 Å². The number of H-pyrrole nitrogens is 2. The van der Waals surface area contributed by atoms with Crippen molar-refractivity contribution >= 4 is 39.3 Å². The van der Waals surface area contributed by atoms with Crippen molar-refractivity contribution in [3.8, 4) is 0 Å². The zero-order valence-corrected chi connectivity index (χ0v) is 18.5. The smallest absolute Gasteiger partial charge is 0.329 e. The number of anilines is 1. The fourth-order valence-corrected chi connectivity index (χ4v) is 3.94. The van der Waals surface area contributed by atoms with Crippen LogP contribution in [0.25, 0.3) is 21.8 Å². The summed E-state index contributed by atoms with van der Waals surface area (Å²) in [6, 6.07) is 11.9. The van der Waals surface area contributed by atoms with Crippen LogP contribution in [0.3, 0.4) is 0 Å². The summed E-state index contributed by atoms with van der Waals surface area (Å²) in [7, 11) is 0. The Bertz CT molecular complexity index is 1560. The van der Waals surface area contributed by atoms with Crippen LogP contribution < -0.4 is 27.4 Å².